The van der Waals surface area contributed by atoms with Crippen LogP contribution in [0.15, 0.2) is 27.1 Å². The van der Waals surface area contributed by atoms with E-state index in [0.29, 0.717) is 0 Å². The van der Waals surface area contributed by atoms with E-state index < -0.39 is 0 Å². The summed E-state index contributed by atoms with van der Waals surface area (Å²) in [6.45, 7) is 2.09. The molecule has 112 valence electrons. The van der Waals surface area contributed by atoms with E-state index in [4.69, 9.17) is 5.73 Å². The van der Waals surface area contributed by atoms with Crippen LogP contribution in [0.2, 0.25) is 0 Å². The average Bonchev–Trinajstić information content (AvgIpc) is 2.73. The molecular formula is C17H19Br2NS. The van der Waals surface area contributed by atoms with Gasteiger partial charge in [-0.05, 0) is 67.5 Å². The molecule has 1 aromatic carbocycles. The quantitative estimate of drug-likeness (QED) is 0.592. The van der Waals surface area contributed by atoms with Gasteiger partial charge in [-0.3, -0.25) is 0 Å². The molecule has 1 unspecified atom stereocenters. The highest BCUT2D eigenvalue weighted by Gasteiger charge is 2.19. The Morgan fingerprint density at radius 3 is 2.62 bits per heavy atom. The van der Waals surface area contributed by atoms with Gasteiger partial charge in [0.15, 0.2) is 0 Å². The summed E-state index contributed by atoms with van der Waals surface area (Å²) in [5.41, 5.74) is 10.5. The van der Waals surface area contributed by atoms with E-state index >= 15 is 0 Å². The molecule has 4 heteroatoms. The van der Waals surface area contributed by atoms with Crippen molar-refractivity contribution >= 4 is 43.2 Å². The molecule has 0 saturated heterocycles. The number of halogens is 2. The first-order valence-corrected chi connectivity index (χ1v) is 9.79. The van der Waals surface area contributed by atoms with Gasteiger partial charge >= 0.3 is 0 Å². The smallest absolute Gasteiger partial charge is 0.0657 e. The summed E-state index contributed by atoms with van der Waals surface area (Å²) in [4.78, 5) is 2.85. The zero-order valence-corrected chi connectivity index (χ0v) is 16.1. The number of thiophene rings is 1. The first kappa shape index (κ1) is 15.7. The lowest BCUT2D eigenvalue weighted by atomic mass is 10.0. The molecule has 21 heavy (non-hydrogen) atoms. The van der Waals surface area contributed by atoms with Crippen LogP contribution in [-0.4, -0.2) is 0 Å². The molecule has 2 N–H and O–H groups in total. The largest absolute Gasteiger partial charge is 0.320 e. The van der Waals surface area contributed by atoms with Crippen LogP contribution in [-0.2, 0) is 12.8 Å². The molecule has 0 spiro atoms. The van der Waals surface area contributed by atoms with Crippen molar-refractivity contribution in [3.63, 3.8) is 0 Å². The lowest BCUT2D eigenvalue weighted by Crippen LogP contribution is -2.11. The predicted octanol–water partition coefficient (Wildman–Crippen LogP) is 5.90. The maximum atomic E-state index is 6.55. The lowest BCUT2D eigenvalue weighted by Gasteiger charge is -2.14. The molecule has 2 aromatic rings. The van der Waals surface area contributed by atoms with Crippen LogP contribution in [0.5, 0.6) is 0 Å². The zero-order valence-electron chi connectivity index (χ0n) is 12.1. The monoisotopic (exact) mass is 427 g/mol. The molecule has 0 fully saturated rings. The summed E-state index contributed by atoms with van der Waals surface area (Å²) in [7, 11) is 0. The van der Waals surface area contributed by atoms with E-state index in [-0.39, 0.29) is 6.04 Å². The van der Waals surface area contributed by atoms with E-state index in [2.05, 4.69) is 57.0 Å². The van der Waals surface area contributed by atoms with Crippen LogP contribution in [0.3, 0.4) is 0 Å². The van der Waals surface area contributed by atoms with Crippen LogP contribution in [0, 0.1) is 6.92 Å². The van der Waals surface area contributed by atoms with Crippen molar-refractivity contribution in [2.45, 2.75) is 45.1 Å². The predicted molar refractivity (Wildman–Crippen MR) is 98.2 cm³/mol. The minimum absolute atomic E-state index is 0.0480. The van der Waals surface area contributed by atoms with E-state index in [1.165, 1.54) is 48.1 Å². The third-order valence-corrected chi connectivity index (χ3v) is 7.05. The van der Waals surface area contributed by atoms with Crippen LogP contribution in [0.25, 0.3) is 0 Å². The van der Waals surface area contributed by atoms with Crippen molar-refractivity contribution in [3.8, 4) is 0 Å². The average molecular weight is 429 g/mol. The Hall–Kier alpha value is -0.160. The number of fused-ring (bicyclic) bond motifs is 1. The van der Waals surface area contributed by atoms with Gasteiger partial charge in [-0.15, -0.1) is 11.3 Å². The van der Waals surface area contributed by atoms with Gasteiger partial charge in [0.2, 0.25) is 0 Å². The van der Waals surface area contributed by atoms with Gasteiger partial charge in [-0.1, -0.05) is 38.3 Å². The van der Waals surface area contributed by atoms with Gasteiger partial charge in [0.1, 0.15) is 0 Å². The Kier molecular flexibility index (Phi) is 4.89. The molecule has 0 radical (unpaired) electrons. The highest BCUT2D eigenvalue weighted by atomic mass is 79.9. The molecule has 0 amide bonds. The van der Waals surface area contributed by atoms with Crippen molar-refractivity contribution in [3.05, 3.63) is 53.6 Å². The van der Waals surface area contributed by atoms with Crippen molar-refractivity contribution in [1.82, 2.24) is 0 Å². The molecule has 1 aromatic heterocycles. The second-order valence-electron chi connectivity index (χ2n) is 5.76. The fourth-order valence-electron chi connectivity index (χ4n) is 2.90. The second-order valence-corrected chi connectivity index (χ2v) is 8.64. The Morgan fingerprint density at radius 2 is 1.81 bits per heavy atom. The number of hydrogen-bond acceptors (Lipinski definition) is 2. The molecule has 1 nitrogen and oxygen atoms in total. The van der Waals surface area contributed by atoms with Crippen molar-refractivity contribution in [2.24, 2.45) is 5.73 Å². The van der Waals surface area contributed by atoms with Crippen LogP contribution < -0.4 is 5.73 Å². The van der Waals surface area contributed by atoms with Gasteiger partial charge in [-0.25, -0.2) is 0 Å². The van der Waals surface area contributed by atoms with Crippen molar-refractivity contribution in [2.75, 3.05) is 0 Å². The maximum Gasteiger partial charge on any atom is 0.0657 e. The Bertz CT molecular complexity index is 640. The van der Waals surface area contributed by atoms with Gasteiger partial charge in [0, 0.05) is 18.7 Å². The third-order valence-electron chi connectivity index (χ3n) is 4.19. The normalized spacial score (nSPS) is 16.4. The summed E-state index contributed by atoms with van der Waals surface area (Å²) >= 11 is 9.19. The molecule has 1 aliphatic rings. The first-order chi connectivity index (χ1) is 10.1. The molecule has 0 aliphatic heterocycles. The van der Waals surface area contributed by atoms with Gasteiger partial charge in [-0.2, -0.15) is 0 Å². The maximum absolute atomic E-state index is 6.55. The minimum Gasteiger partial charge on any atom is -0.320 e. The number of benzene rings is 1. The Morgan fingerprint density at radius 1 is 1.05 bits per heavy atom. The Balaban J connectivity index is 1.95. The molecular weight excluding hydrogens is 410 g/mol. The van der Waals surface area contributed by atoms with Gasteiger partial charge in [0.05, 0.1) is 6.04 Å². The van der Waals surface area contributed by atoms with Crippen molar-refractivity contribution in [1.29, 1.82) is 0 Å². The van der Waals surface area contributed by atoms with Crippen LogP contribution >= 0.6 is 43.2 Å². The van der Waals surface area contributed by atoms with E-state index in [1.54, 1.807) is 4.88 Å². The molecule has 1 atom stereocenters. The number of nitrogens with two attached hydrogens (primary N) is 1. The summed E-state index contributed by atoms with van der Waals surface area (Å²) in [6.07, 6.45) is 6.45. The van der Waals surface area contributed by atoms with Gasteiger partial charge in [0.25, 0.3) is 0 Å². The highest BCUT2D eigenvalue weighted by molar-refractivity contribution is 9.11. The standard InChI is InChI=1S/C17H19Br2NS/c1-10-7-14(19)12(9-13(10)18)17(20)16-8-11-5-3-2-4-6-15(11)21-16/h7-9,17H,2-6,20H2,1H3. The molecule has 0 saturated carbocycles. The molecule has 1 heterocycles. The van der Waals surface area contributed by atoms with Crippen molar-refractivity contribution < 1.29 is 0 Å². The van der Waals surface area contributed by atoms with E-state index in [9.17, 15) is 0 Å². The summed E-state index contributed by atoms with van der Waals surface area (Å²) in [6, 6.07) is 6.58. The topological polar surface area (TPSA) is 26.0 Å². The number of rotatable bonds is 2. The van der Waals surface area contributed by atoms with Gasteiger partial charge < -0.3 is 5.73 Å². The van der Waals surface area contributed by atoms with E-state index in [1.807, 2.05) is 11.3 Å². The summed E-state index contributed by atoms with van der Waals surface area (Å²) in [5.74, 6) is 0. The summed E-state index contributed by atoms with van der Waals surface area (Å²) in [5, 5.41) is 0. The fraction of sp³-hybridized carbons (Fsp3) is 0.412. The highest BCUT2D eigenvalue weighted by Crippen LogP contribution is 2.37. The SMILES string of the molecule is Cc1cc(Br)c(C(N)c2cc3c(s2)CCCCC3)cc1Br. The zero-order chi connectivity index (χ0) is 15.0. The third kappa shape index (κ3) is 3.29. The lowest BCUT2D eigenvalue weighted by molar-refractivity contribution is 0.712. The number of aryl methyl sites for hydroxylation is 3. The van der Waals surface area contributed by atoms with E-state index in [0.717, 1.165) is 14.5 Å². The Labute approximate surface area is 147 Å². The fourth-order valence-corrected chi connectivity index (χ4v) is 5.24. The number of hydrogen-bond donors (Lipinski definition) is 1. The molecule has 0 bridgehead atoms. The summed E-state index contributed by atoms with van der Waals surface area (Å²) < 4.78 is 2.22. The molecule has 3 rings (SSSR count). The first-order valence-electron chi connectivity index (χ1n) is 7.39. The molecule has 1 aliphatic carbocycles. The van der Waals surface area contributed by atoms with Crippen LogP contribution in [0.4, 0.5) is 0 Å². The van der Waals surface area contributed by atoms with Crippen LogP contribution in [0.1, 0.15) is 51.7 Å². The minimum atomic E-state index is -0.0480. The second kappa shape index (κ2) is 6.53.